The minimum atomic E-state index is -1.67. The van der Waals surface area contributed by atoms with Crippen LogP contribution in [-0.4, -0.2) is 55.4 Å². The molecule has 3 atom stereocenters. The van der Waals surface area contributed by atoms with Crippen LogP contribution >= 0.6 is 0 Å². The SMILES string of the molecule is C=CC(=O)OC1CCC(C[Si]C(O[Si](C)(C)C)O[Si](C)(C)C)CC1O. The second-order valence-electron chi connectivity index (χ2n) is 8.63. The Hall–Kier alpha value is -0.259. The molecule has 0 spiro atoms. The molecule has 0 aromatic rings. The van der Waals surface area contributed by atoms with Crippen LogP contribution in [0, 0.1) is 5.92 Å². The van der Waals surface area contributed by atoms with Gasteiger partial charge in [0.15, 0.2) is 16.6 Å². The first-order valence-electron chi connectivity index (χ1n) is 9.00. The number of carbonyl (C=O) groups excluding carboxylic acids is 1. The van der Waals surface area contributed by atoms with E-state index < -0.39 is 34.8 Å². The van der Waals surface area contributed by atoms with Gasteiger partial charge in [0.05, 0.1) is 6.10 Å². The summed E-state index contributed by atoms with van der Waals surface area (Å²) in [6.45, 7) is 16.5. The molecule has 0 aromatic heterocycles. The second-order valence-corrected chi connectivity index (χ2v) is 18.8. The Bertz CT molecular complexity index is 429. The smallest absolute Gasteiger partial charge is 0.330 e. The standard InChI is InChI=1S/C17H34O5Si3/c1-8-16(19)20-15-10-9-13(11-14(15)18)12-23-17(21-24(2,3)4)22-25(5,6)7/h8,13-15,17-18H,1,9-12H2,2-7H3. The van der Waals surface area contributed by atoms with Gasteiger partial charge in [-0.15, -0.1) is 0 Å². The van der Waals surface area contributed by atoms with E-state index in [1.165, 1.54) is 0 Å². The number of aliphatic hydroxyl groups excluding tert-OH is 1. The molecule has 0 heterocycles. The third kappa shape index (κ3) is 9.86. The van der Waals surface area contributed by atoms with E-state index in [1.807, 2.05) is 0 Å². The van der Waals surface area contributed by atoms with Gasteiger partial charge in [-0.3, -0.25) is 0 Å². The molecule has 5 nitrogen and oxygen atoms in total. The first-order chi connectivity index (χ1) is 11.4. The Morgan fingerprint density at radius 2 is 1.76 bits per heavy atom. The molecule has 8 heteroatoms. The quantitative estimate of drug-likeness (QED) is 0.277. The van der Waals surface area contributed by atoms with E-state index >= 15 is 0 Å². The highest BCUT2D eigenvalue weighted by atomic mass is 28.4. The van der Waals surface area contributed by atoms with Gasteiger partial charge in [0.2, 0.25) is 0 Å². The van der Waals surface area contributed by atoms with Crippen molar-refractivity contribution in [2.45, 2.75) is 82.7 Å². The molecule has 25 heavy (non-hydrogen) atoms. The average molecular weight is 403 g/mol. The van der Waals surface area contributed by atoms with E-state index in [0.29, 0.717) is 28.3 Å². The van der Waals surface area contributed by atoms with Crippen LogP contribution in [0.15, 0.2) is 12.7 Å². The summed E-state index contributed by atoms with van der Waals surface area (Å²) in [5, 5.41) is 10.3. The molecule has 1 saturated carbocycles. The average Bonchev–Trinajstić information content (AvgIpc) is 2.44. The molecule has 1 N–H and O–H groups in total. The molecule has 2 radical (unpaired) electrons. The zero-order valence-electron chi connectivity index (χ0n) is 16.5. The summed E-state index contributed by atoms with van der Waals surface area (Å²) in [5.74, 6) is -0.159. The summed E-state index contributed by atoms with van der Waals surface area (Å²) in [5.41, 5.74) is 0. The van der Waals surface area contributed by atoms with Crippen LogP contribution < -0.4 is 0 Å². The number of ether oxygens (including phenoxy) is 1. The van der Waals surface area contributed by atoms with Gasteiger partial charge in [-0.1, -0.05) is 12.6 Å². The fraction of sp³-hybridized carbons (Fsp3) is 0.824. The van der Waals surface area contributed by atoms with Gasteiger partial charge in [0.1, 0.15) is 21.5 Å². The molecule has 0 aliphatic heterocycles. The highest BCUT2D eigenvalue weighted by Gasteiger charge is 2.33. The largest absolute Gasteiger partial charge is 0.456 e. The summed E-state index contributed by atoms with van der Waals surface area (Å²) < 4.78 is 17.7. The van der Waals surface area contributed by atoms with Crippen molar-refractivity contribution < 1.29 is 23.5 Å². The van der Waals surface area contributed by atoms with E-state index in [4.69, 9.17) is 13.6 Å². The maximum atomic E-state index is 11.3. The molecular formula is C17H34O5Si3. The van der Waals surface area contributed by atoms with Gasteiger partial charge in [0.25, 0.3) is 0 Å². The Morgan fingerprint density at radius 1 is 1.20 bits per heavy atom. The fourth-order valence-electron chi connectivity index (χ4n) is 2.74. The molecule has 1 fully saturated rings. The summed E-state index contributed by atoms with van der Waals surface area (Å²) in [6.07, 6.45) is 2.45. The number of esters is 1. The van der Waals surface area contributed by atoms with Crippen molar-refractivity contribution in [1.82, 2.24) is 0 Å². The van der Waals surface area contributed by atoms with Crippen LogP contribution in [0.3, 0.4) is 0 Å². The number of rotatable bonds is 9. The maximum absolute atomic E-state index is 11.3. The van der Waals surface area contributed by atoms with Gasteiger partial charge in [-0.05, 0) is 64.5 Å². The number of aliphatic hydroxyl groups is 1. The molecule has 0 bridgehead atoms. The lowest BCUT2D eigenvalue weighted by atomic mass is 9.86. The predicted molar refractivity (Wildman–Crippen MR) is 107 cm³/mol. The van der Waals surface area contributed by atoms with Crippen molar-refractivity contribution in [3.63, 3.8) is 0 Å². The van der Waals surface area contributed by atoms with Crippen molar-refractivity contribution in [2.24, 2.45) is 5.92 Å². The van der Waals surface area contributed by atoms with Crippen molar-refractivity contribution in [2.75, 3.05) is 0 Å². The Morgan fingerprint density at radius 3 is 2.20 bits per heavy atom. The number of hydrogen-bond acceptors (Lipinski definition) is 5. The van der Waals surface area contributed by atoms with Gasteiger partial charge in [-0.25, -0.2) is 4.79 Å². The first-order valence-corrected chi connectivity index (χ1v) is 17.1. The molecule has 0 aromatic carbocycles. The van der Waals surface area contributed by atoms with Crippen LogP contribution in [0.2, 0.25) is 45.3 Å². The molecule has 1 rings (SSSR count). The van der Waals surface area contributed by atoms with Gasteiger partial charge < -0.3 is 18.7 Å². The summed E-state index contributed by atoms with van der Waals surface area (Å²) in [7, 11) is -2.76. The zero-order chi connectivity index (χ0) is 19.3. The lowest BCUT2D eigenvalue weighted by Gasteiger charge is -2.35. The van der Waals surface area contributed by atoms with Crippen molar-refractivity contribution in [1.29, 1.82) is 0 Å². The maximum Gasteiger partial charge on any atom is 0.330 e. The van der Waals surface area contributed by atoms with Crippen molar-refractivity contribution in [3.8, 4) is 0 Å². The monoisotopic (exact) mass is 402 g/mol. The lowest BCUT2D eigenvalue weighted by Crippen LogP contribution is -2.44. The molecule has 0 saturated heterocycles. The topological polar surface area (TPSA) is 65.0 Å². The highest BCUT2D eigenvalue weighted by molar-refractivity contribution is 6.71. The van der Waals surface area contributed by atoms with Crippen molar-refractivity contribution in [3.05, 3.63) is 12.7 Å². The van der Waals surface area contributed by atoms with Gasteiger partial charge in [0, 0.05) is 6.08 Å². The van der Waals surface area contributed by atoms with Crippen LogP contribution in [-0.2, 0) is 18.4 Å². The lowest BCUT2D eigenvalue weighted by molar-refractivity contribution is -0.152. The Balaban J connectivity index is 2.51. The van der Waals surface area contributed by atoms with Crippen LogP contribution in [0.4, 0.5) is 0 Å². The number of carbonyl (C=O) groups is 1. The van der Waals surface area contributed by atoms with E-state index in [2.05, 4.69) is 45.9 Å². The van der Waals surface area contributed by atoms with E-state index in [9.17, 15) is 9.90 Å². The minimum Gasteiger partial charge on any atom is -0.456 e. The second kappa shape index (κ2) is 9.61. The molecular weight excluding hydrogens is 368 g/mol. The minimum absolute atomic E-state index is 0.119. The van der Waals surface area contributed by atoms with Crippen LogP contribution in [0.1, 0.15) is 19.3 Å². The fourth-order valence-corrected chi connectivity index (χ4v) is 7.90. The summed E-state index contributed by atoms with van der Waals surface area (Å²) >= 11 is 0. The normalized spacial score (nSPS) is 25.0. The predicted octanol–water partition coefficient (Wildman–Crippen LogP) is 3.35. The third-order valence-electron chi connectivity index (χ3n) is 3.79. The Labute approximate surface area is 157 Å². The molecule has 0 amide bonds. The van der Waals surface area contributed by atoms with Crippen LogP contribution in [0.5, 0.6) is 0 Å². The summed E-state index contributed by atoms with van der Waals surface area (Å²) in [4.78, 5) is 11.3. The van der Waals surface area contributed by atoms with Crippen molar-refractivity contribution >= 4 is 32.1 Å². The summed E-state index contributed by atoms with van der Waals surface area (Å²) in [6, 6.07) is 0.985. The van der Waals surface area contributed by atoms with E-state index in [1.54, 1.807) is 0 Å². The number of hydrogen-bond donors (Lipinski definition) is 1. The van der Waals surface area contributed by atoms with Crippen LogP contribution in [0.25, 0.3) is 0 Å². The first kappa shape index (κ1) is 22.8. The van der Waals surface area contributed by atoms with Gasteiger partial charge in [-0.2, -0.15) is 0 Å². The van der Waals surface area contributed by atoms with E-state index in [-0.39, 0.29) is 5.91 Å². The Kier molecular flexibility index (Phi) is 8.76. The molecule has 1 aliphatic rings. The van der Waals surface area contributed by atoms with Gasteiger partial charge >= 0.3 is 5.97 Å². The third-order valence-corrected chi connectivity index (χ3v) is 7.49. The highest BCUT2D eigenvalue weighted by Crippen LogP contribution is 2.30. The molecule has 3 unspecified atom stereocenters. The molecule has 144 valence electrons. The van der Waals surface area contributed by atoms with E-state index in [0.717, 1.165) is 18.5 Å². The molecule has 1 aliphatic carbocycles. The zero-order valence-corrected chi connectivity index (χ0v) is 19.5.